The summed E-state index contributed by atoms with van der Waals surface area (Å²) in [6.45, 7) is 4.33. The Morgan fingerprint density at radius 3 is 2.20 bits per heavy atom. The summed E-state index contributed by atoms with van der Waals surface area (Å²) in [5.74, 6) is 0. The second kappa shape index (κ2) is 5.27. The van der Waals surface area contributed by atoms with E-state index in [9.17, 15) is 0 Å². The highest BCUT2D eigenvalue weighted by atomic mass is 15.4. The molecule has 0 aromatic rings. The molecule has 0 amide bonds. The molecule has 60 valence electrons. The van der Waals surface area contributed by atoms with Crippen LogP contribution >= 0.6 is 0 Å². The molecule has 0 rings (SSSR count). The van der Waals surface area contributed by atoms with Crippen LogP contribution in [0.4, 0.5) is 0 Å². The summed E-state index contributed by atoms with van der Waals surface area (Å²) in [4.78, 5) is 0. The lowest BCUT2D eigenvalue weighted by molar-refractivity contribution is 0.434. The average Bonchev–Trinajstić information content (AvgIpc) is 1.86. The Morgan fingerprint density at radius 1 is 1.30 bits per heavy atom. The molecule has 10 heavy (non-hydrogen) atoms. The summed E-state index contributed by atoms with van der Waals surface area (Å²) >= 11 is 0. The van der Waals surface area contributed by atoms with Gasteiger partial charge in [0.25, 0.3) is 0 Å². The Kier molecular flexibility index (Phi) is 4.99. The van der Waals surface area contributed by atoms with Crippen molar-refractivity contribution in [3.8, 4) is 0 Å². The van der Waals surface area contributed by atoms with Gasteiger partial charge in [-0.2, -0.15) is 5.10 Å². The summed E-state index contributed by atoms with van der Waals surface area (Å²) in [6.07, 6.45) is 3.40. The van der Waals surface area contributed by atoms with Crippen molar-refractivity contribution in [3.05, 3.63) is 0 Å². The highest BCUT2D eigenvalue weighted by Gasteiger charge is 1.93. The van der Waals surface area contributed by atoms with Crippen LogP contribution in [-0.2, 0) is 0 Å². The third kappa shape index (κ3) is 4.36. The zero-order chi connectivity index (χ0) is 7.98. The summed E-state index contributed by atoms with van der Waals surface area (Å²) < 4.78 is 0. The van der Waals surface area contributed by atoms with Gasteiger partial charge in [-0.25, -0.2) is 0 Å². The number of hydrogen-bond acceptors (Lipinski definition) is 2. The summed E-state index contributed by atoms with van der Waals surface area (Å²) in [5, 5.41) is 6.20. The Labute approximate surface area is 63.9 Å². The van der Waals surface area contributed by atoms with E-state index < -0.39 is 0 Å². The lowest BCUT2D eigenvalue weighted by Crippen LogP contribution is -2.07. The zero-order valence-corrected chi connectivity index (χ0v) is 7.52. The number of nitrogens with zero attached hydrogens (tertiary/aromatic N) is 2. The van der Waals surface area contributed by atoms with E-state index in [0.29, 0.717) is 0 Å². The van der Waals surface area contributed by atoms with E-state index in [2.05, 4.69) is 18.9 Å². The van der Waals surface area contributed by atoms with E-state index in [1.807, 2.05) is 19.1 Å². The van der Waals surface area contributed by atoms with Crippen LogP contribution in [0.1, 0.15) is 33.1 Å². The van der Waals surface area contributed by atoms with Crippen LogP contribution in [0, 0.1) is 0 Å². The second-order valence-corrected chi connectivity index (χ2v) is 2.62. The number of rotatable bonds is 4. The molecule has 0 N–H and O–H groups in total. The van der Waals surface area contributed by atoms with Gasteiger partial charge in [-0.05, 0) is 12.8 Å². The molecule has 0 aromatic heterocycles. The van der Waals surface area contributed by atoms with E-state index in [4.69, 9.17) is 0 Å². The Balaban J connectivity index is 3.78. The lowest BCUT2D eigenvalue weighted by atomic mass is 10.2. The monoisotopic (exact) mass is 142 g/mol. The maximum absolute atomic E-state index is 4.34. The third-order valence-electron chi connectivity index (χ3n) is 1.29. The highest BCUT2D eigenvalue weighted by Crippen LogP contribution is 1.97. The quantitative estimate of drug-likeness (QED) is 0.433. The molecule has 2 heteroatoms. The minimum Gasteiger partial charge on any atom is -0.303 e. The third-order valence-corrected chi connectivity index (χ3v) is 1.29. The van der Waals surface area contributed by atoms with Gasteiger partial charge in [0.15, 0.2) is 0 Å². The lowest BCUT2D eigenvalue weighted by Gasteiger charge is -2.07. The molecule has 0 radical (unpaired) electrons. The molecule has 0 saturated heterocycles. The molecular formula is C8H18N2. The Morgan fingerprint density at radius 2 is 1.90 bits per heavy atom. The van der Waals surface area contributed by atoms with E-state index in [1.165, 1.54) is 12.1 Å². The molecule has 0 bridgehead atoms. The molecule has 0 aliphatic carbocycles. The van der Waals surface area contributed by atoms with Gasteiger partial charge < -0.3 is 5.01 Å². The van der Waals surface area contributed by atoms with Crippen molar-refractivity contribution in [1.29, 1.82) is 0 Å². The van der Waals surface area contributed by atoms with Crippen LogP contribution in [0.3, 0.4) is 0 Å². The van der Waals surface area contributed by atoms with Gasteiger partial charge in [0, 0.05) is 19.8 Å². The smallest absolute Gasteiger partial charge is 0.0377 e. The molecule has 0 atom stereocenters. The topological polar surface area (TPSA) is 15.6 Å². The predicted molar refractivity (Wildman–Crippen MR) is 46.3 cm³/mol. The van der Waals surface area contributed by atoms with Crippen LogP contribution < -0.4 is 0 Å². The molecule has 0 aliphatic heterocycles. The molecule has 2 nitrogen and oxygen atoms in total. The molecule has 0 unspecified atom stereocenters. The van der Waals surface area contributed by atoms with Gasteiger partial charge in [-0.15, -0.1) is 0 Å². The Hall–Kier alpha value is -0.530. The van der Waals surface area contributed by atoms with Crippen molar-refractivity contribution in [2.75, 3.05) is 14.1 Å². The highest BCUT2D eigenvalue weighted by molar-refractivity contribution is 5.83. The molecule has 0 fully saturated rings. The largest absolute Gasteiger partial charge is 0.303 e. The standard InChI is InChI=1S/C8H18N2/c1-5-7-8(6-2)9-10(3)4/h5-7H2,1-4H3. The molecule has 0 saturated carbocycles. The van der Waals surface area contributed by atoms with Crippen LogP contribution in [0.2, 0.25) is 0 Å². The Bertz CT molecular complexity index is 106. The maximum Gasteiger partial charge on any atom is 0.0377 e. The van der Waals surface area contributed by atoms with Gasteiger partial charge in [0.05, 0.1) is 0 Å². The number of hydrogen-bond donors (Lipinski definition) is 0. The van der Waals surface area contributed by atoms with Crippen LogP contribution in [0.5, 0.6) is 0 Å². The molecular weight excluding hydrogens is 124 g/mol. The summed E-state index contributed by atoms with van der Waals surface area (Å²) in [6, 6.07) is 0. The van der Waals surface area contributed by atoms with Gasteiger partial charge in [-0.1, -0.05) is 20.3 Å². The fraction of sp³-hybridized carbons (Fsp3) is 0.875. The molecule has 0 aromatic carbocycles. The van der Waals surface area contributed by atoms with E-state index in [-0.39, 0.29) is 0 Å². The number of hydrazone groups is 1. The minimum atomic E-state index is 1.08. The summed E-state index contributed by atoms with van der Waals surface area (Å²) in [7, 11) is 3.93. The van der Waals surface area contributed by atoms with Crippen LogP contribution in [0.25, 0.3) is 0 Å². The van der Waals surface area contributed by atoms with Gasteiger partial charge in [-0.3, -0.25) is 0 Å². The minimum absolute atomic E-state index is 1.08. The average molecular weight is 142 g/mol. The first-order chi connectivity index (χ1) is 4.70. The molecule has 0 aliphatic rings. The normalized spacial score (nSPS) is 11.8. The van der Waals surface area contributed by atoms with Gasteiger partial charge in [0.1, 0.15) is 0 Å². The van der Waals surface area contributed by atoms with Crippen LogP contribution in [0.15, 0.2) is 5.10 Å². The fourth-order valence-corrected chi connectivity index (χ4v) is 0.869. The fourth-order valence-electron chi connectivity index (χ4n) is 0.869. The van der Waals surface area contributed by atoms with Crippen molar-refractivity contribution in [3.63, 3.8) is 0 Å². The predicted octanol–water partition coefficient (Wildman–Crippen LogP) is 2.11. The molecule has 0 spiro atoms. The van der Waals surface area contributed by atoms with E-state index in [0.717, 1.165) is 12.8 Å². The van der Waals surface area contributed by atoms with Crippen molar-refractivity contribution < 1.29 is 0 Å². The van der Waals surface area contributed by atoms with E-state index >= 15 is 0 Å². The van der Waals surface area contributed by atoms with Crippen LogP contribution in [-0.4, -0.2) is 24.8 Å². The first-order valence-electron chi connectivity index (χ1n) is 3.94. The van der Waals surface area contributed by atoms with Crippen molar-refractivity contribution in [2.45, 2.75) is 33.1 Å². The SMILES string of the molecule is CCCC(CC)=NN(C)C. The van der Waals surface area contributed by atoms with Crippen molar-refractivity contribution >= 4 is 5.71 Å². The van der Waals surface area contributed by atoms with Crippen molar-refractivity contribution in [2.24, 2.45) is 5.10 Å². The van der Waals surface area contributed by atoms with E-state index in [1.54, 1.807) is 0 Å². The summed E-state index contributed by atoms with van der Waals surface area (Å²) in [5.41, 5.74) is 1.30. The first kappa shape index (κ1) is 9.47. The van der Waals surface area contributed by atoms with Gasteiger partial charge in [0.2, 0.25) is 0 Å². The molecule has 0 heterocycles. The second-order valence-electron chi connectivity index (χ2n) is 2.62. The first-order valence-corrected chi connectivity index (χ1v) is 3.94. The van der Waals surface area contributed by atoms with Gasteiger partial charge >= 0.3 is 0 Å². The van der Waals surface area contributed by atoms with Crippen molar-refractivity contribution in [1.82, 2.24) is 5.01 Å². The maximum atomic E-state index is 4.34. The zero-order valence-electron chi connectivity index (χ0n) is 7.52.